The molecule has 0 bridgehead atoms. The number of rotatable bonds is 7. The number of carbonyl (C=O) groups is 3. The van der Waals surface area contributed by atoms with Crippen molar-refractivity contribution in [2.45, 2.75) is 25.8 Å². The first-order chi connectivity index (χ1) is 13.4. The van der Waals surface area contributed by atoms with Crippen LogP contribution in [0.5, 0.6) is 0 Å². The van der Waals surface area contributed by atoms with E-state index in [9.17, 15) is 18.8 Å². The van der Waals surface area contributed by atoms with Crippen LogP contribution in [0.1, 0.15) is 29.2 Å². The van der Waals surface area contributed by atoms with Crippen molar-refractivity contribution in [2.24, 2.45) is 0 Å². The zero-order chi connectivity index (χ0) is 20.1. The minimum atomic E-state index is -0.713. The van der Waals surface area contributed by atoms with Gasteiger partial charge in [0.2, 0.25) is 5.91 Å². The Labute approximate surface area is 162 Å². The molecule has 1 aliphatic heterocycles. The number of nitrogens with zero attached hydrogens (tertiary/aromatic N) is 1. The highest BCUT2D eigenvalue weighted by atomic mass is 19.1. The normalized spacial score (nSPS) is 14.7. The molecule has 6 nitrogen and oxygen atoms in total. The van der Waals surface area contributed by atoms with Crippen molar-refractivity contribution in [2.75, 3.05) is 13.2 Å². The summed E-state index contributed by atoms with van der Waals surface area (Å²) in [6.07, 6.45) is -0.172. The number of benzene rings is 2. The lowest BCUT2D eigenvalue weighted by Gasteiger charge is -2.23. The summed E-state index contributed by atoms with van der Waals surface area (Å²) in [6, 6.07) is 13.4. The number of halogens is 1. The molecule has 146 valence electrons. The number of hydrogen-bond acceptors (Lipinski definition) is 4. The summed E-state index contributed by atoms with van der Waals surface area (Å²) in [7, 11) is 0. The fourth-order valence-corrected chi connectivity index (χ4v) is 2.98. The summed E-state index contributed by atoms with van der Waals surface area (Å²) in [5, 5.41) is 2.86. The van der Waals surface area contributed by atoms with Crippen LogP contribution in [0.25, 0.3) is 0 Å². The minimum Gasteiger partial charge on any atom is -0.439 e. The number of aryl methyl sites for hydroxylation is 2. The lowest BCUT2D eigenvalue weighted by molar-refractivity contribution is -0.127. The molecule has 7 heteroatoms. The second-order valence-electron chi connectivity index (χ2n) is 6.67. The second-order valence-corrected chi connectivity index (χ2v) is 6.67. The van der Waals surface area contributed by atoms with Crippen LogP contribution >= 0.6 is 0 Å². The molecule has 0 radical (unpaired) electrons. The van der Waals surface area contributed by atoms with Gasteiger partial charge in [0.15, 0.2) is 6.61 Å². The van der Waals surface area contributed by atoms with E-state index in [-0.39, 0.29) is 31.3 Å². The SMILES string of the molecule is Cc1ccc(CCC(=O)NC(CN2C(=O)COC2=O)c2ccccc2)cc1F. The van der Waals surface area contributed by atoms with Gasteiger partial charge in [-0.15, -0.1) is 0 Å². The van der Waals surface area contributed by atoms with E-state index in [2.05, 4.69) is 5.32 Å². The number of imide groups is 1. The Morgan fingerprint density at radius 3 is 2.61 bits per heavy atom. The van der Waals surface area contributed by atoms with E-state index in [4.69, 9.17) is 4.74 Å². The van der Waals surface area contributed by atoms with Crippen LogP contribution in [-0.2, 0) is 20.7 Å². The quantitative estimate of drug-likeness (QED) is 0.796. The summed E-state index contributed by atoms with van der Waals surface area (Å²) in [5.41, 5.74) is 2.05. The van der Waals surface area contributed by atoms with Gasteiger partial charge in [0.1, 0.15) is 5.82 Å². The molecule has 3 amide bonds. The van der Waals surface area contributed by atoms with Crippen molar-refractivity contribution >= 4 is 17.9 Å². The van der Waals surface area contributed by atoms with Gasteiger partial charge in [0, 0.05) is 6.42 Å². The predicted octanol–water partition coefficient (Wildman–Crippen LogP) is 2.90. The smallest absolute Gasteiger partial charge is 0.417 e. The molecule has 1 heterocycles. The van der Waals surface area contributed by atoms with Crippen LogP contribution in [0.2, 0.25) is 0 Å². The van der Waals surface area contributed by atoms with E-state index in [0.29, 0.717) is 12.0 Å². The van der Waals surface area contributed by atoms with Crippen LogP contribution in [0.4, 0.5) is 9.18 Å². The first kappa shape index (κ1) is 19.5. The maximum Gasteiger partial charge on any atom is 0.417 e. The fraction of sp³-hybridized carbons (Fsp3) is 0.286. The first-order valence-corrected chi connectivity index (χ1v) is 9.00. The Balaban J connectivity index is 1.66. The van der Waals surface area contributed by atoms with Gasteiger partial charge in [-0.05, 0) is 36.1 Å². The molecular formula is C21H21FN2O4. The van der Waals surface area contributed by atoms with Crippen LogP contribution in [0.3, 0.4) is 0 Å². The number of amides is 3. The largest absolute Gasteiger partial charge is 0.439 e. The summed E-state index contributed by atoms with van der Waals surface area (Å²) < 4.78 is 18.4. The molecule has 1 N–H and O–H groups in total. The Morgan fingerprint density at radius 2 is 1.96 bits per heavy atom. The van der Waals surface area contributed by atoms with Gasteiger partial charge in [0.05, 0.1) is 12.6 Å². The maximum absolute atomic E-state index is 13.7. The molecule has 1 unspecified atom stereocenters. The zero-order valence-electron chi connectivity index (χ0n) is 15.5. The van der Waals surface area contributed by atoms with E-state index >= 15 is 0 Å². The molecule has 1 atom stereocenters. The van der Waals surface area contributed by atoms with Crippen LogP contribution in [-0.4, -0.2) is 36.0 Å². The third-order valence-electron chi connectivity index (χ3n) is 4.62. The number of nitrogens with one attached hydrogen (secondary N) is 1. The maximum atomic E-state index is 13.7. The number of ether oxygens (including phenoxy) is 1. The third-order valence-corrected chi connectivity index (χ3v) is 4.62. The second kappa shape index (κ2) is 8.65. The van der Waals surface area contributed by atoms with Crippen molar-refractivity contribution in [1.82, 2.24) is 10.2 Å². The van der Waals surface area contributed by atoms with E-state index in [1.807, 2.05) is 30.3 Å². The van der Waals surface area contributed by atoms with E-state index in [0.717, 1.165) is 16.0 Å². The highest BCUT2D eigenvalue weighted by Gasteiger charge is 2.33. The lowest BCUT2D eigenvalue weighted by atomic mass is 10.0. The monoisotopic (exact) mass is 384 g/mol. The van der Waals surface area contributed by atoms with Gasteiger partial charge in [-0.25, -0.2) is 14.1 Å². The molecule has 0 aromatic heterocycles. The molecule has 2 aromatic rings. The van der Waals surface area contributed by atoms with E-state index in [1.165, 1.54) is 6.07 Å². The predicted molar refractivity (Wildman–Crippen MR) is 99.8 cm³/mol. The van der Waals surface area contributed by atoms with Crippen molar-refractivity contribution in [3.63, 3.8) is 0 Å². The van der Waals surface area contributed by atoms with Crippen LogP contribution in [0, 0.1) is 12.7 Å². The molecular weight excluding hydrogens is 363 g/mol. The van der Waals surface area contributed by atoms with Gasteiger partial charge < -0.3 is 10.1 Å². The molecule has 0 aliphatic carbocycles. The molecule has 1 aliphatic rings. The lowest BCUT2D eigenvalue weighted by Crippen LogP contribution is -2.40. The van der Waals surface area contributed by atoms with Gasteiger partial charge in [0.25, 0.3) is 5.91 Å². The molecule has 2 aromatic carbocycles. The van der Waals surface area contributed by atoms with Gasteiger partial charge >= 0.3 is 6.09 Å². The summed E-state index contributed by atoms with van der Waals surface area (Å²) in [5.74, 6) is -0.990. The third kappa shape index (κ3) is 4.73. The number of carbonyl (C=O) groups excluding carboxylic acids is 3. The summed E-state index contributed by atoms with van der Waals surface area (Å²) in [4.78, 5) is 37.0. The molecule has 0 spiro atoms. The average Bonchev–Trinajstić information content (AvgIpc) is 3.01. The minimum absolute atomic E-state index is 0.00736. The van der Waals surface area contributed by atoms with Crippen molar-refractivity contribution in [3.8, 4) is 0 Å². The van der Waals surface area contributed by atoms with Crippen LogP contribution < -0.4 is 5.32 Å². The Bertz CT molecular complexity index is 869. The van der Waals surface area contributed by atoms with Gasteiger partial charge in [-0.2, -0.15) is 0 Å². The zero-order valence-corrected chi connectivity index (χ0v) is 15.5. The van der Waals surface area contributed by atoms with Gasteiger partial charge in [-0.3, -0.25) is 9.59 Å². The van der Waals surface area contributed by atoms with Crippen molar-refractivity contribution in [1.29, 1.82) is 0 Å². The molecule has 3 rings (SSSR count). The Morgan fingerprint density at radius 1 is 1.21 bits per heavy atom. The van der Waals surface area contributed by atoms with Gasteiger partial charge in [-0.1, -0.05) is 42.5 Å². The average molecular weight is 384 g/mol. The molecule has 1 saturated heterocycles. The Hall–Kier alpha value is -3.22. The van der Waals surface area contributed by atoms with Crippen LogP contribution in [0.15, 0.2) is 48.5 Å². The summed E-state index contributed by atoms with van der Waals surface area (Å²) >= 11 is 0. The molecule has 0 saturated carbocycles. The number of hydrogen-bond donors (Lipinski definition) is 1. The highest BCUT2D eigenvalue weighted by molar-refractivity contribution is 5.97. The van der Waals surface area contributed by atoms with Crippen molar-refractivity contribution < 1.29 is 23.5 Å². The molecule has 1 fully saturated rings. The molecule has 28 heavy (non-hydrogen) atoms. The van der Waals surface area contributed by atoms with E-state index < -0.39 is 18.0 Å². The topological polar surface area (TPSA) is 75.7 Å². The van der Waals surface area contributed by atoms with E-state index in [1.54, 1.807) is 19.1 Å². The first-order valence-electron chi connectivity index (χ1n) is 9.00. The standard InChI is InChI=1S/C21H21FN2O4/c1-14-7-8-15(11-17(14)22)9-10-19(25)23-18(16-5-3-2-4-6-16)12-24-20(26)13-28-21(24)27/h2-8,11,18H,9-10,12-13H2,1H3,(H,23,25). The highest BCUT2D eigenvalue weighted by Crippen LogP contribution is 2.18. The fourth-order valence-electron chi connectivity index (χ4n) is 2.98. The number of cyclic esters (lactones) is 1. The summed E-state index contributed by atoms with van der Waals surface area (Å²) in [6.45, 7) is 1.39. The Kier molecular flexibility index (Phi) is 6.03. The van der Waals surface area contributed by atoms with Crippen molar-refractivity contribution in [3.05, 3.63) is 71.0 Å².